The molecular weight excluding hydrogens is 384 g/mol. The summed E-state index contributed by atoms with van der Waals surface area (Å²) in [7, 11) is 0. The maximum absolute atomic E-state index is 11.9. The number of hydrogen-bond donors (Lipinski definition) is 2. The third kappa shape index (κ3) is 3.40. The van der Waals surface area contributed by atoms with Gasteiger partial charge in [-0.15, -0.1) is 0 Å². The number of ether oxygens (including phenoxy) is 1. The lowest BCUT2D eigenvalue weighted by Gasteiger charge is -2.31. The summed E-state index contributed by atoms with van der Waals surface area (Å²) in [6.45, 7) is 3.52. The van der Waals surface area contributed by atoms with Crippen molar-refractivity contribution in [3.8, 4) is 5.69 Å². The zero-order valence-electron chi connectivity index (χ0n) is 16.6. The van der Waals surface area contributed by atoms with Gasteiger partial charge in [0.1, 0.15) is 11.8 Å². The van der Waals surface area contributed by atoms with Gasteiger partial charge < -0.3 is 15.0 Å². The number of aromatic nitrogens is 6. The monoisotopic (exact) mass is 406 g/mol. The third-order valence-corrected chi connectivity index (χ3v) is 5.35. The normalized spacial score (nSPS) is 15.0. The van der Waals surface area contributed by atoms with Crippen molar-refractivity contribution < 1.29 is 9.53 Å². The molecule has 1 saturated heterocycles. The summed E-state index contributed by atoms with van der Waals surface area (Å²) in [4.78, 5) is 27.1. The summed E-state index contributed by atoms with van der Waals surface area (Å²) >= 11 is 0. The lowest BCUT2D eigenvalue weighted by atomic mass is 10.1. The van der Waals surface area contributed by atoms with Crippen LogP contribution in [0.15, 0.2) is 36.9 Å². The molecule has 0 aliphatic carbocycles. The summed E-state index contributed by atoms with van der Waals surface area (Å²) in [5.74, 6) is 0.557. The maximum atomic E-state index is 11.9. The first-order chi connectivity index (χ1) is 14.7. The van der Waals surface area contributed by atoms with Crippen molar-refractivity contribution in [3.63, 3.8) is 0 Å². The van der Waals surface area contributed by atoms with Gasteiger partial charge >= 0.3 is 6.09 Å². The van der Waals surface area contributed by atoms with E-state index in [1.165, 1.54) is 0 Å². The number of amides is 1. The number of H-pyrrole nitrogens is 1. The van der Waals surface area contributed by atoms with E-state index in [-0.39, 0.29) is 12.1 Å². The molecule has 30 heavy (non-hydrogen) atoms. The fraction of sp³-hybridized carbons (Fsp3) is 0.350. The average Bonchev–Trinajstić information content (AvgIpc) is 3.40. The predicted molar refractivity (Wildman–Crippen MR) is 112 cm³/mol. The second-order valence-corrected chi connectivity index (χ2v) is 7.26. The van der Waals surface area contributed by atoms with Crippen LogP contribution in [0.5, 0.6) is 0 Å². The Labute approximate surface area is 172 Å². The van der Waals surface area contributed by atoms with E-state index < -0.39 is 0 Å². The first kappa shape index (κ1) is 18.3. The second kappa shape index (κ2) is 7.62. The van der Waals surface area contributed by atoms with Gasteiger partial charge in [-0.3, -0.25) is 9.67 Å². The maximum Gasteiger partial charge on any atom is 0.409 e. The van der Waals surface area contributed by atoms with Crippen LogP contribution in [0, 0.1) is 0 Å². The Morgan fingerprint density at radius 3 is 2.97 bits per heavy atom. The molecule has 1 amide bonds. The van der Waals surface area contributed by atoms with E-state index >= 15 is 0 Å². The highest BCUT2D eigenvalue weighted by Gasteiger charge is 2.24. The smallest absolute Gasteiger partial charge is 0.409 e. The number of imidazole rings is 1. The van der Waals surface area contributed by atoms with Crippen LogP contribution >= 0.6 is 0 Å². The minimum atomic E-state index is -0.244. The van der Waals surface area contributed by atoms with Crippen molar-refractivity contribution in [2.75, 3.05) is 25.0 Å². The van der Waals surface area contributed by atoms with Crippen LogP contribution in [-0.4, -0.2) is 66.4 Å². The molecule has 0 radical (unpaired) electrons. The molecule has 0 unspecified atom stereocenters. The molecule has 1 aromatic carbocycles. The van der Waals surface area contributed by atoms with E-state index in [2.05, 4.69) is 25.5 Å². The number of nitrogens with one attached hydrogen (secondary N) is 2. The standard InChI is InChI=1S/C20H22N8O2/c1-2-30-20(29)27-7-5-14(6-8-27)24-19-21-11-17-18(25-19)28(12-22-17)15-4-3-13-10-23-26-16(13)9-15/h3-4,9-12,14H,2,5-8H2,1H3,(H,23,26)(H,21,24,25). The van der Waals surface area contributed by atoms with Crippen molar-refractivity contribution in [1.82, 2.24) is 34.6 Å². The predicted octanol–water partition coefficient (Wildman–Crippen LogP) is 2.72. The third-order valence-electron chi connectivity index (χ3n) is 5.35. The van der Waals surface area contributed by atoms with E-state index in [0.29, 0.717) is 25.6 Å². The van der Waals surface area contributed by atoms with E-state index in [1.807, 2.05) is 29.7 Å². The summed E-state index contributed by atoms with van der Waals surface area (Å²) in [6.07, 6.45) is 6.66. The highest BCUT2D eigenvalue weighted by Crippen LogP contribution is 2.21. The van der Waals surface area contributed by atoms with E-state index in [1.54, 1.807) is 23.6 Å². The van der Waals surface area contributed by atoms with Gasteiger partial charge in [-0.25, -0.2) is 14.8 Å². The second-order valence-electron chi connectivity index (χ2n) is 7.26. The molecule has 2 N–H and O–H groups in total. The fourth-order valence-corrected chi connectivity index (χ4v) is 3.75. The summed E-state index contributed by atoms with van der Waals surface area (Å²) in [5.41, 5.74) is 3.36. The van der Waals surface area contributed by atoms with Crippen LogP contribution in [0.25, 0.3) is 27.8 Å². The molecule has 1 aliphatic rings. The van der Waals surface area contributed by atoms with E-state index in [9.17, 15) is 4.79 Å². The number of likely N-dealkylation sites (tertiary alicyclic amines) is 1. The molecule has 0 spiro atoms. The Morgan fingerprint density at radius 2 is 2.13 bits per heavy atom. The molecule has 0 atom stereocenters. The number of carbonyl (C=O) groups is 1. The number of fused-ring (bicyclic) bond motifs is 2. The van der Waals surface area contributed by atoms with Crippen LogP contribution < -0.4 is 5.32 Å². The average molecular weight is 406 g/mol. The Bertz CT molecular complexity index is 1190. The number of aromatic amines is 1. The van der Waals surface area contributed by atoms with Crippen LogP contribution in [0.4, 0.5) is 10.7 Å². The quantitative estimate of drug-likeness (QED) is 0.536. The molecule has 0 bridgehead atoms. The minimum Gasteiger partial charge on any atom is -0.450 e. The molecule has 3 aromatic heterocycles. The van der Waals surface area contributed by atoms with Crippen molar-refractivity contribution in [3.05, 3.63) is 36.9 Å². The van der Waals surface area contributed by atoms with Gasteiger partial charge in [0.15, 0.2) is 5.65 Å². The number of anilines is 1. The molecule has 154 valence electrons. The zero-order chi connectivity index (χ0) is 20.5. The molecule has 10 nitrogen and oxygen atoms in total. The molecule has 4 aromatic rings. The Kier molecular flexibility index (Phi) is 4.66. The van der Waals surface area contributed by atoms with Crippen molar-refractivity contribution >= 4 is 34.1 Å². The fourth-order valence-electron chi connectivity index (χ4n) is 3.75. The first-order valence-electron chi connectivity index (χ1n) is 10.0. The summed E-state index contributed by atoms with van der Waals surface area (Å²) in [5, 5.41) is 11.5. The van der Waals surface area contributed by atoms with Crippen LogP contribution in [-0.2, 0) is 4.74 Å². The van der Waals surface area contributed by atoms with Crippen molar-refractivity contribution in [2.45, 2.75) is 25.8 Å². The van der Waals surface area contributed by atoms with Gasteiger partial charge in [0.05, 0.1) is 30.2 Å². The lowest BCUT2D eigenvalue weighted by molar-refractivity contribution is 0.0983. The highest BCUT2D eigenvalue weighted by molar-refractivity contribution is 5.81. The van der Waals surface area contributed by atoms with Crippen LogP contribution in [0.2, 0.25) is 0 Å². The van der Waals surface area contributed by atoms with Gasteiger partial charge in [0.25, 0.3) is 0 Å². The van der Waals surface area contributed by atoms with Gasteiger partial charge in [0.2, 0.25) is 5.95 Å². The molecule has 5 rings (SSSR count). The SMILES string of the molecule is CCOC(=O)N1CCC(Nc2ncc3ncn(-c4ccc5cn[nH]c5c4)c3n2)CC1. The van der Waals surface area contributed by atoms with Crippen LogP contribution in [0.1, 0.15) is 19.8 Å². The molecule has 1 fully saturated rings. The molecular formula is C20H22N8O2. The summed E-state index contributed by atoms with van der Waals surface area (Å²) < 4.78 is 7.01. The molecule has 10 heteroatoms. The van der Waals surface area contributed by atoms with Gasteiger partial charge in [-0.1, -0.05) is 0 Å². The highest BCUT2D eigenvalue weighted by atomic mass is 16.6. The first-order valence-corrected chi connectivity index (χ1v) is 10.0. The van der Waals surface area contributed by atoms with E-state index in [4.69, 9.17) is 9.72 Å². The number of carbonyl (C=O) groups excluding carboxylic acids is 1. The number of rotatable bonds is 4. The van der Waals surface area contributed by atoms with Crippen molar-refractivity contribution in [1.29, 1.82) is 0 Å². The van der Waals surface area contributed by atoms with Gasteiger partial charge in [-0.2, -0.15) is 10.1 Å². The number of benzene rings is 1. The molecule has 4 heterocycles. The molecule has 0 saturated carbocycles. The lowest BCUT2D eigenvalue weighted by Crippen LogP contribution is -2.42. The Morgan fingerprint density at radius 1 is 1.27 bits per heavy atom. The van der Waals surface area contributed by atoms with E-state index in [0.717, 1.165) is 40.6 Å². The van der Waals surface area contributed by atoms with Crippen molar-refractivity contribution in [2.24, 2.45) is 0 Å². The Hall–Kier alpha value is -3.69. The number of piperidine rings is 1. The summed E-state index contributed by atoms with van der Waals surface area (Å²) in [6, 6.07) is 6.24. The number of hydrogen-bond acceptors (Lipinski definition) is 7. The molecule has 1 aliphatic heterocycles. The zero-order valence-corrected chi connectivity index (χ0v) is 16.6. The van der Waals surface area contributed by atoms with Crippen LogP contribution in [0.3, 0.4) is 0 Å². The Balaban J connectivity index is 1.34. The number of nitrogens with zero attached hydrogens (tertiary/aromatic N) is 6. The topological polar surface area (TPSA) is 114 Å². The van der Waals surface area contributed by atoms with Gasteiger partial charge in [0, 0.05) is 24.5 Å². The minimum absolute atomic E-state index is 0.200. The largest absolute Gasteiger partial charge is 0.450 e. The van der Waals surface area contributed by atoms with Gasteiger partial charge in [-0.05, 0) is 38.0 Å².